The number of hydrogen-bond acceptors (Lipinski definition) is 4. The number of carbonyl (C=O) groups excluding carboxylic acids is 1. The van der Waals surface area contributed by atoms with Crippen molar-refractivity contribution < 1.29 is 18.4 Å². The van der Waals surface area contributed by atoms with Crippen molar-refractivity contribution in [1.82, 2.24) is 0 Å². The monoisotopic (exact) mass is 318 g/mol. The topological polar surface area (TPSA) is 44.8 Å². The highest BCUT2D eigenvalue weighted by molar-refractivity contribution is 6.65. The molecule has 0 aliphatic heterocycles. The van der Waals surface area contributed by atoms with E-state index in [1.54, 1.807) is 14.2 Å². The van der Waals surface area contributed by atoms with Crippen LogP contribution in [-0.4, -0.2) is 35.4 Å². The average molecular weight is 319 g/mol. The van der Waals surface area contributed by atoms with Crippen LogP contribution in [0.5, 0.6) is 0 Å². The maximum Gasteiger partial charge on any atom is 0.334 e. The van der Waals surface area contributed by atoms with Gasteiger partial charge in [0.15, 0.2) is 0 Å². The van der Waals surface area contributed by atoms with Crippen molar-refractivity contribution in [2.24, 2.45) is 0 Å². The lowest BCUT2D eigenvalue weighted by molar-refractivity contribution is -0.141. The summed E-state index contributed by atoms with van der Waals surface area (Å²) < 4.78 is 15.9. The Morgan fingerprint density at radius 2 is 1.24 bits per heavy atom. The zero-order valence-corrected chi connectivity index (χ0v) is 15.4. The van der Waals surface area contributed by atoms with Gasteiger partial charge in [-0.2, -0.15) is 0 Å². The molecule has 0 rings (SSSR count). The van der Waals surface area contributed by atoms with Crippen molar-refractivity contribution >= 4 is 14.5 Å². The summed E-state index contributed by atoms with van der Waals surface area (Å²) in [6, 6.07) is 1.09. The molecule has 0 aromatic heterocycles. The molecule has 0 spiro atoms. The van der Waals surface area contributed by atoms with Crippen LogP contribution in [0, 0.1) is 0 Å². The van der Waals surface area contributed by atoms with E-state index in [1.165, 1.54) is 58.3 Å². The largest absolute Gasteiger partial charge is 0.466 e. The summed E-state index contributed by atoms with van der Waals surface area (Å²) in [4.78, 5) is 10.6. The van der Waals surface area contributed by atoms with Crippen LogP contribution in [0.15, 0.2) is 0 Å². The minimum Gasteiger partial charge on any atom is -0.466 e. The van der Waals surface area contributed by atoms with Gasteiger partial charge in [0.1, 0.15) is 0 Å². The van der Waals surface area contributed by atoms with Gasteiger partial charge in [0, 0.05) is 21.1 Å². The second-order valence-corrected chi connectivity index (χ2v) is 9.40. The summed E-state index contributed by atoms with van der Waals surface area (Å²) in [6.07, 6.45) is 11.1. The van der Waals surface area contributed by atoms with Crippen molar-refractivity contribution in [3.8, 4) is 0 Å². The Bertz CT molecular complexity index is 255. The van der Waals surface area contributed by atoms with E-state index in [4.69, 9.17) is 13.6 Å². The smallest absolute Gasteiger partial charge is 0.334 e. The van der Waals surface area contributed by atoms with Crippen LogP contribution < -0.4 is 0 Å². The highest BCUT2D eigenvalue weighted by Gasteiger charge is 2.27. The van der Waals surface area contributed by atoms with Crippen LogP contribution >= 0.6 is 0 Å². The molecule has 0 bridgehead atoms. The molecule has 0 unspecified atom stereocenters. The number of rotatable bonds is 14. The van der Waals surface area contributed by atoms with Gasteiger partial charge in [0.25, 0.3) is 0 Å². The summed E-state index contributed by atoms with van der Waals surface area (Å²) in [6.45, 7) is 4.17. The van der Waals surface area contributed by atoms with Crippen LogP contribution in [0.2, 0.25) is 12.6 Å². The van der Waals surface area contributed by atoms with E-state index in [-0.39, 0.29) is 5.97 Å². The molecule has 4 nitrogen and oxygen atoms in total. The molecule has 0 aliphatic rings. The fourth-order valence-electron chi connectivity index (χ4n) is 2.29. The minimum atomic E-state index is -1.84. The molecule has 0 atom stereocenters. The van der Waals surface area contributed by atoms with Crippen LogP contribution in [0.4, 0.5) is 0 Å². The van der Waals surface area contributed by atoms with E-state index in [1.807, 2.05) is 0 Å². The molecule has 0 saturated heterocycles. The van der Waals surface area contributed by atoms with E-state index in [0.29, 0.717) is 6.61 Å². The molecule has 126 valence electrons. The van der Waals surface area contributed by atoms with E-state index in [9.17, 15) is 4.79 Å². The maximum atomic E-state index is 10.6. The van der Waals surface area contributed by atoms with Gasteiger partial charge in [-0.15, -0.1) is 0 Å². The molecule has 5 heteroatoms. The quantitative estimate of drug-likeness (QED) is 0.270. The molecule has 0 N–H and O–H groups in total. The first kappa shape index (κ1) is 20.6. The van der Waals surface area contributed by atoms with Gasteiger partial charge in [-0.05, 0) is 19.0 Å². The van der Waals surface area contributed by atoms with E-state index < -0.39 is 8.56 Å². The third-order valence-corrected chi connectivity index (χ3v) is 6.93. The lowest BCUT2D eigenvalue weighted by atomic mass is 10.1. The van der Waals surface area contributed by atoms with Gasteiger partial charge >= 0.3 is 14.5 Å². The summed E-state index contributed by atoms with van der Waals surface area (Å²) in [5, 5.41) is 0. The highest BCUT2D eigenvalue weighted by atomic mass is 28.4. The predicted octanol–water partition coefficient (Wildman–Crippen LogP) is 4.43. The van der Waals surface area contributed by atoms with E-state index in [0.717, 1.165) is 12.5 Å². The van der Waals surface area contributed by atoms with Gasteiger partial charge < -0.3 is 13.6 Å². The molecule has 21 heavy (non-hydrogen) atoms. The number of carbonyl (C=O) groups is 1. The Kier molecular flexibility index (Phi) is 13.0. The van der Waals surface area contributed by atoms with Crippen molar-refractivity contribution in [2.45, 2.75) is 77.3 Å². The second kappa shape index (κ2) is 13.3. The molecule has 0 saturated carbocycles. The van der Waals surface area contributed by atoms with Gasteiger partial charge in [0.05, 0.1) is 6.61 Å². The number of unbranched alkanes of at least 4 members (excludes halogenated alkanes) is 8. The Labute approximate surface area is 131 Å². The molecule has 0 heterocycles. The summed E-state index contributed by atoms with van der Waals surface area (Å²) in [5.74, 6) is -0.170. The fraction of sp³-hybridized carbons (Fsp3) is 0.938. The fourth-order valence-corrected chi connectivity index (χ4v) is 3.76. The Balaban J connectivity index is 3.21. The average Bonchev–Trinajstić information content (AvgIpc) is 2.47. The Morgan fingerprint density at radius 1 is 0.810 bits per heavy atom. The first-order chi connectivity index (χ1) is 10.0. The molecule has 0 aliphatic carbocycles. The van der Waals surface area contributed by atoms with Crippen LogP contribution in [0.25, 0.3) is 0 Å². The zero-order valence-electron chi connectivity index (χ0n) is 14.4. The Hall–Kier alpha value is -0.393. The molecule has 0 radical (unpaired) electrons. The maximum absolute atomic E-state index is 10.6. The normalized spacial score (nSPS) is 11.6. The van der Waals surface area contributed by atoms with Gasteiger partial charge in [-0.25, -0.2) is 0 Å². The van der Waals surface area contributed by atoms with Crippen molar-refractivity contribution in [3.63, 3.8) is 0 Å². The molecule has 0 fully saturated rings. The predicted molar refractivity (Wildman–Crippen MR) is 88.6 cm³/mol. The van der Waals surface area contributed by atoms with Gasteiger partial charge in [-0.3, -0.25) is 4.79 Å². The molecule has 0 aromatic carbocycles. The van der Waals surface area contributed by atoms with Crippen LogP contribution in [0.3, 0.4) is 0 Å². The number of esters is 1. The standard InChI is InChI=1S/C16H34O4Si/c1-16(17)20-14-12-10-8-6-5-7-9-11-13-15-21(4,18-2)19-3/h5-15H2,1-4H3. The Morgan fingerprint density at radius 3 is 1.67 bits per heavy atom. The lowest BCUT2D eigenvalue weighted by Crippen LogP contribution is -2.35. The summed E-state index contributed by atoms with van der Waals surface area (Å²) in [5.41, 5.74) is 0. The third-order valence-electron chi connectivity index (χ3n) is 3.94. The first-order valence-electron chi connectivity index (χ1n) is 8.28. The van der Waals surface area contributed by atoms with Gasteiger partial charge in [0.2, 0.25) is 0 Å². The van der Waals surface area contributed by atoms with Crippen LogP contribution in [0.1, 0.15) is 64.7 Å². The van der Waals surface area contributed by atoms with Crippen molar-refractivity contribution in [3.05, 3.63) is 0 Å². The molecular weight excluding hydrogens is 284 g/mol. The van der Waals surface area contributed by atoms with Crippen LogP contribution in [-0.2, 0) is 18.4 Å². The lowest BCUT2D eigenvalue weighted by Gasteiger charge is -2.22. The summed E-state index contributed by atoms with van der Waals surface area (Å²) in [7, 11) is 1.69. The third kappa shape index (κ3) is 13.0. The summed E-state index contributed by atoms with van der Waals surface area (Å²) >= 11 is 0. The van der Waals surface area contributed by atoms with Gasteiger partial charge in [-0.1, -0.05) is 51.4 Å². The van der Waals surface area contributed by atoms with E-state index in [2.05, 4.69) is 6.55 Å². The molecule has 0 aromatic rings. The van der Waals surface area contributed by atoms with Crippen molar-refractivity contribution in [1.29, 1.82) is 0 Å². The molecule has 0 amide bonds. The first-order valence-corrected chi connectivity index (χ1v) is 10.8. The minimum absolute atomic E-state index is 0.170. The number of hydrogen-bond donors (Lipinski definition) is 0. The highest BCUT2D eigenvalue weighted by Crippen LogP contribution is 2.17. The van der Waals surface area contributed by atoms with E-state index >= 15 is 0 Å². The molecular formula is C16H34O4Si. The number of ether oxygens (including phenoxy) is 1. The second-order valence-electron chi connectivity index (χ2n) is 5.81. The SMILES string of the molecule is CO[Si](C)(CCCCCCCCCCCOC(C)=O)OC. The van der Waals surface area contributed by atoms with Crippen molar-refractivity contribution in [2.75, 3.05) is 20.8 Å². The zero-order chi connectivity index (χ0) is 16.0.